The Morgan fingerprint density at radius 3 is 2.51 bits per heavy atom. The van der Waals surface area contributed by atoms with E-state index in [1.54, 1.807) is 12.1 Å². The third-order valence-corrected chi connectivity index (χ3v) is 6.04. The molecule has 5 rings (SSSR count). The highest BCUT2D eigenvalue weighted by Crippen LogP contribution is 2.41. The Morgan fingerprint density at radius 2 is 1.84 bits per heavy atom. The number of aromatic nitrogens is 2. The van der Waals surface area contributed by atoms with Crippen LogP contribution in [0.3, 0.4) is 0 Å². The molecule has 1 saturated carbocycles. The van der Waals surface area contributed by atoms with E-state index in [-0.39, 0.29) is 29.2 Å². The van der Waals surface area contributed by atoms with Crippen molar-refractivity contribution in [2.45, 2.75) is 58.0 Å². The number of benzene rings is 1. The van der Waals surface area contributed by atoms with Crippen LogP contribution < -0.4 is 20.7 Å². The fourth-order valence-electron chi connectivity index (χ4n) is 3.88. The maximum atomic E-state index is 14.1. The Hall–Kier alpha value is -4.02. The fraction of sp³-hybridized carbons (Fsp3) is 0.346. The summed E-state index contributed by atoms with van der Waals surface area (Å²) in [4.78, 5) is 15.8. The predicted molar refractivity (Wildman–Crippen MR) is 131 cm³/mol. The summed E-state index contributed by atoms with van der Waals surface area (Å²) in [6, 6.07) is 7.06. The third kappa shape index (κ3) is 5.55. The van der Waals surface area contributed by atoms with Gasteiger partial charge in [-0.1, -0.05) is 25.9 Å². The number of amides is 1. The number of ether oxygens (including phenoxy) is 1. The Balaban J connectivity index is 1.41. The van der Waals surface area contributed by atoms with Gasteiger partial charge in [0.1, 0.15) is 23.1 Å². The fourth-order valence-corrected chi connectivity index (χ4v) is 3.88. The van der Waals surface area contributed by atoms with E-state index in [9.17, 15) is 18.0 Å². The average molecular weight is 514 g/mol. The number of hydrogen-bond acceptors (Lipinski definition) is 7. The van der Waals surface area contributed by atoms with Crippen LogP contribution in [0.1, 0.15) is 56.9 Å². The molecule has 0 unspecified atom stereocenters. The van der Waals surface area contributed by atoms with Gasteiger partial charge >= 0.3 is 6.18 Å². The van der Waals surface area contributed by atoms with Gasteiger partial charge in [-0.05, 0) is 49.1 Å². The summed E-state index contributed by atoms with van der Waals surface area (Å²) in [5, 5.41) is 12.7. The summed E-state index contributed by atoms with van der Waals surface area (Å²) in [5.41, 5.74) is 1.08. The molecule has 0 radical (unpaired) electrons. The zero-order valence-corrected chi connectivity index (χ0v) is 20.5. The summed E-state index contributed by atoms with van der Waals surface area (Å²) in [6.45, 7) is 5.97. The number of rotatable bonds is 6. The van der Waals surface area contributed by atoms with E-state index in [0.717, 1.165) is 30.2 Å². The van der Waals surface area contributed by atoms with E-state index < -0.39 is 11.7 Å². The SMILES string of the molecule is CC(C)(C)c1cc(NC(Nc2ccc(Oc3ccnc4c3CCC(=O)N4)cc2C(F)(F)F)=C2CC2)on1. The van der Waals surface area contributed by atoms with Crippen LogP contribution in [0.25, 0.3) is 0 Å². The van der Waals surface area contributed by atoms with Crippen molar-refractivity contribution < 1.29 is 27.2 Å². The van der Waals surface area contributed by atoms with Crippen molar-refractivity contribution in [3.05, 3.63) is 64.7 Å². The number of allylic oxidation sites excluding steroid dienone is 1. The molecule has 1 aliphatic heterocycles. The molecular weight excluding hydrogens is 487 g/mol. The Kier molecular flexibility index (Phi) is 6.09. The molecule has 8 nitrogen and oxygen atoms in total. The molecule has 0 atom stereocenters. The van der Waals surface area contributed by atoms with Crippen LogP contribution in [-0.2, 0) is 22.8 Å². The largest absolute Gasteiger partial charge is 0.457 e. The topological polar surface area (TPSA) is 101 Å². The van der Waals surface area contributed by atoms with Gasteiger partial charge in [0.05, 0.1) is 16.9 Å². The van der Waals surface area contributed by atoms with Gasteiger partial charge in [-0.25, -0.2) is 4.98 Å². The molecule has 37 heavy (non-hydrogen) atoms. The molecule has 3 N–H and O–H groups in total. The molecule has 1 fully saturated rings. The minimum Gasteiger partial charge on any atom is -0.457 e. The lowest BCUT2D eigenvalue weighted by Gasteiger charge is -2.20. The van der Waals surface area contributed by atoms with Gasteiger partial charge in [-0.2, -0.15) is 13.2 Å². The molecule has 0 bridgehead atoms. The minimum absolute atomic E-state index is 0.0156. The Bertz CT molecular complexity index is 1380. The van der Waals surface area contributed by atoms with Gasteiger partial charge < -0.3 is 25.2 Å². The van der Waals surface area contributed by atoms with Crippen molar-refractivity contribution >= 4 is 23.3 Å². The summed E-state index contributed by atoms with van der Waals surface area (Å²) < 4.78 is 53.5. The molecule has 1 aromatic carbocycles. The second kappa shape index (κ2) is 9.13. The zero-order chi connectivity index (χ0) is 26.4. The number of nitrogens with one attached hydrogen (secondary N) is 3. The van der Waals surface area contributed by atoms with Crippen LogP contribution in [0.5, 0.6) is 11.5 Å². The zero-order valence-electron chi connectivity index (χ0n) is 20.5. The van der Waals surface area contributed by atoms with Crippen LogP contribution in [-0.4, -0.2) is 16.0 Å². The molecule has 1 amide bonds. The lowest BCUT2D eigenvalue weighted by Crippen LogP contribution is -2.20. The van der Waals surface area contributed by atoms with Crippen molar-refractivity contribution in [2.75, 3.05) is 16.0 Å². The maximum absolute atomic E-state index is 14.1. The number of anilines is 3. The molecule has 11 heteroatoms. The van der Waals surface area contributed by atoms with Crippen LogP contribution in [0.2, 0.25) is 0 Å². The maximum Gasteiger partial charge on any atom is 0.418 e. The van der Waals surface area contributed by atoms with Crippen molar-refractivity contribution in [3.63, 3.8) is 0 Å². The van der Waals surface area contributed by atoms with Gasteiger partial charge in [0.25, 0.3) is 0 Å². The highest BCUT2D eigenvalue weighted by atomic mass is 19.4. The van der Waals surface area contributed by atoms with Gasteiger partial charge in [0, 0.05) is 29.7 Å². The van der Waals surface area contributed by atoms with Crippen LogP contribution in [0.4, 0.5) is 30.6 Å². The molecule has 0 spiro atoms. The molecule has 2 aliphatic rings. The Morgan fingerprint density at radius 1 is 1.05 bits per heavy atom. The van der Waals surface area contributed by atoms with Gasteiger partial charge in [0.2, 0.25) is 11.8 Å². The predicted octanol–water partition coefficient (Wildman–Crippen LogP) is 6.59. The average Bonchev–Trinajstić information content (AvgIpc) is 3.55. The minimum atomic E-state index is -4.64. The van der Waals surface area contributed by atoms with E-state index in [4.69, 9.17) is 9.26 Å². The number of hydrogen-bond donors (Lipinski definition) is 3. The van der Waals surface area contributed by atoms with E-state index >= 15 is 0 Å². The van der Waals surface area contributed by atoms with Crippen molar-refractivity contribution in [1.82, 2.24) is 10.1 Å². The molecule has 3 heterocycles. The smallest absolute Gasteiger partial charge is 0.418 e. The summed E-state index contributed by atoms with van der Waals surface area (Å²) in [6.07, 6.45) is -1.04. The second-order valence-corrected chi connectivity index (χ2v) is 10.0. The molecular formula is C26H26F3N5O3. The van der Waals surface area contributed by atoms with Crippen molar-refractivity contribution in [3.8, 4) is 11.5 Å². The lowest BCUT2D eigenvalue weighted by molar-refractivity contribution is -0.137. The quantitative estimate of drug-likeness (QED) is 0.342. The highest BCUT2D eigenvalue weighted by molar-refractivity contribution is 5.93. The first-order valence-corrected chi connectivity index (χ1v) is 11.9. The number of nitrogens with zero attached hydrogens (tertiary/aromatic N) is 2. The molecule has 0 saturated heterocycles. The first kappa shape index (κ1) is 24.7. The van der Waals surface area contributed by atoms with Crippen LogP contribution in [0.15, 0.2) is 52.4 Å². The van der Waals surface area contributed by atoms with Gasteiger partial charge in [-0.3, -0.25) is 4.79 Å². The van der Waals surface area contributed by atoms with E-state index in [2.05, 4.69) is 26.1 Å². The van der Waals surface area contributed by atoms with Crippen molar-refractivity contribution in [2.24, 2.45) is 0 Å². The van der Waals surface area contributed by atoms with Gasteiger partial charge in [-0.15, -0.1) is 0 Å². The monoisotopic (exact) mass is 513 g/mol. The second-order valence-electron chi connectivity index (χ2n) is 10.0. The van der Waals surface area contributed by atoms with Crippen molar-refractivity contribution in [1.29, 1.82) is 0 Å². The van der Waals surface area contributed by atoms with E-state index in [1.165, 1.54) is 18.3 Å². The molecule has 2 aromatic heterocycles. The van der Waals surface area contributed by atoms with Crippen LogP contribution in [0, 0.1) is 0 Å². The van der Waals surface area contributed by atoms with Crippen LogP contribution >= 0.6 is 0 Å². The molecule has 1 aliphatic carbocycles. The number of carbonyl (C=O) groups excluding carboxylic acids is 1. The third-order valence-electron chi connectivity index (χ3n) is 6.04. The first-order valence-electron chi connectivity index (χ1n) is 11.9. The number of pyridine rings is 1. The van der Waals surface area contributed by atoms with E-state index in [1.807, 2.05) is 20.8 Å². The number of alkyl halides is 3. The number of halogens is 3. The lowest BCUT2D eigenvalue weighted by atomic mass is 9.92. The number of carbonyl (C=O) groups is 1. The highest BCUT2D eigenvalue weighted by Gasteiger charge is 2.35. The summed E-state index contributed by atoms with van der Waals surface area (Å²) >= 11 is 0. The normalized spacial score (nSPS) is 15.1. The van der Waals surface area contributed by atoms with E-state index in [0.29, 0.717) is 35.3 Å². The van der Waals surface area contributed by atoms with Gasteiger partial charge in [0.15, 0.2) is 0 Å². The summed E-state index contributed by atoms with van der Waals surface area (Å²) in [7, 11) is 0. The summed E-state index contributed by atoms with van der Waals surface area (Å²) in [5.74, 6) is 1.34. The standard InChI is InChI=1S/C26H26F3N5O3/c1-25(2,3)20-13-22(37-34-20)33-23(14-4-5-14)31-18-8-6-15(12-17(18)26(27,28)29)36-19-10-11-30-24-16(19)7-9-21(35)32-24/h6,8,10-13,31,33H,4-5,7,9H2,1-3H3,(H,30,32,35). The molecule has 3 aromatic rings. The Labute approximate surface area is 211 Å². The molecule has 194 valence electrons. The number of fused-ring (bicyclic) bond motifs is 1. The first-order chi connectivity index (χ1) is 17.5.